The molecule has 0 bridgehead atoms. The number of rotatable bonds is 45. The molecule has 0 aromatic heterocycles. The van der Waals surface area contributed by atoms with E-state index in [1.54, 1.807) is 0 Å². The maximum atomic E-state index is 12.5. The number of hydrogen-bond acceptors (Lipinski definition) is 4. The second-order valence-electron chi connectivity index (χ2n) is 17.0. The van der Waals surface area contributed by atoms with Crippen molar-refractivity contribution in [3.05, 3.63) is 0 Å². The molecule has 0 aliphatic rings. The van der Waals surface area contributed by atoms with Gasteiger partial charge in [-0.2, -0.15) is 0 Å². The van der Waals surface area contributed by atoms with Crippen LogP contribution in [0.5, 0.6) is 0 Å². The van der Waals surface area contributed by atoms with Gasteiger partial charge in [0, 0.05) is 0 Å². The fourth-order valence-electron chi connectivity index (χ4n) is 7.90. The van der Waals surface area contributed by atoms with E-state index in [1.807, 2.05) is 0 Å². The maximum absolute atomic E-state index is 12.5. The topological polar surface area (TPSA) is 89.8 Å². The van der Waals surface area contributed by atoms with Crippen molar-refractivity contribution in [3.63, 3.8) is 0 Å². The maximum Gasteiger partial charge on any atom is 0.249 e. The second-order valence-corrected chi connectivity index (χ2v) is 17.0. The largest absolute Gasteiger partial charge is 0.394 e. The zero-order valence-electron chi connectivity index (χ0n) is 36.2. The molecule has 0 fully saturated rings. The van der Waals surface area contributed by atoms with Crippen molar-refractivity contribution in [2.24, 2.45) is 0 Å². The summed E-state index contributed by atoms with van der Waals surface area (Å²) in [4.78, 5) is 12.5. The van der Waals surface area contributed by atoms with Gasteiger partial charge in [-0.1, -0.05) is 264 Å². The van der Waals surface area contributed by atoms with Crippen LogP contribution in [-0.4, -0.2) is 46.1 Å². The smallest absolute Gasteiger partial charge is 0.249 e. The highest BCUT2D eigenvalue weighted by atomic mass is 16.3. The fraction of sp³-hybridized carbons (Fsp3) is 0.979. The number of carbonyl (C=O) groups excluding carboxylic acids is 1. The van der Waals surface area contributed by atoms with Gasteiger partial charge in [0.05, 0.1) is 18.8 Å². The zero-order valence-corrected chi connectivity index (χ0v) is 36.2. The minimum absolute atomic E-state index is 0.308. The lowest BCUT2D eigenvalue weighted by atomic mass is 10.0. The van der Waals surface area contributed by atoms with Crippen molar-refractivity contribution in [1.82, 2.24) is 5.32 Å². The number of amides is 1. The normalized spacial score (nSPS) is 13.4. The average molecular weight is 752 g/mol. The monoisotopic (exact) mass is 752 g/mol. The van der Waals surface area contributed by atoms with Crippen LogP contribution in [0.3, 0.4) is 0 Å². The number of carbonyl (C=O) groups is 1. The summed E-state index contributed by atoms with van der Waals surface area (Å²) in [6.07, 6.45) is 51.2. The van der Waals surface area contributed by atoms with E-state index in [-0.39, 0.29) is 6.61 Å². The molecule has 4 N–H and O–H groups in total. The van der Waals surface area contributed by atoms with Crippen LogP contribution in [-0.2, 0) is 4.79 Å². The van der Waals surface area contributed by atoms with Crippen LogP contribution in [0, 0.1) is 0 Å². The van der Waals surface area contributed by atoms with Crippen LogP contribution in [0.25, 0.3) is 0 Å². The van der Waals surface area contributed by atoms with Crippen LogP contribution in [0.1, 0.15) is 277 Å². The first-order valence-electron chi connectivity index (χ1n) is 24.3. The van der Waals surface area contributed by atoms with Gasteiger partial charge >= 0.3 is 0 Å². The Morgan fingerprint density at radius 2 is 0.604 bits per heavy atom. The summed E-state index contributed by atoms with van der Waals surface area (Å²) in [6, 6.07) is -0.706. The lowest BCUT2D eigenvalue weighted by Crippen LogP contribution is -2.49. The molecule has 0 aliphatic carbocycles. The molecule has 0 aromatic rings. The van der Waals surface area contributed by atoms with Crippen molar-refractivity contribution < 1.29 is 20.1 Å². The Morgan fingerprint density at radius 1 is 0.377 bits per heavy atom. The highest BCUT2D eigenvalue weighted by Gasteiger charge is 2.23. The first-order valence-corrected chi connectivity index (χ1v) is 24.3. The highest BCUT2D eigenvalue weighted by Crippen LogP contribution is 2.18. The molecule has 0 aliphatic heterocycles. The van der Waals surface area contributed by atoms with Gasteiger partial charge in [0.1, 0.15) is 6.10 Å². The minimum Gasteiger partial charge on any atom is -0.394 e. The fourth-order valence-corrected chi connectivity index (χ4v) is 7.90. The zero-order chi connectivity index (χ0) is 38.7. The van der Waals surface area contributed by atoms with Gasteiger partial charge in [-0.3, -0.25) is 4.79 Å². The highest BCUT2D eigenvalue weighted by molar-refractivity contribution is 5.80. The quantitative estimate of drug-likeness (QED) is 0.0466. The molecule has 0 aromatic carbocycles. The summed E-state index contributed by atoms with van der Waals surface area (Å²) in [7, 11) is 0. The van der Waals surface area contributed by atoms with E-state index in [0.29, 0.717) is 12.8 Å². The molecule has 0 radical (unpaired) electrons. The Morgan fingerprint density at radius 3 is 0.849 bits per heavy atom. The molecule has 0 heterocycles. The Kier molecular flexibility index (Phi) is 43.5. The summed E-state index contributed by atoms with van der Waals surface area (Å²) >= 11 is 0. The summed E-state index contributed by atoms with van der Waals surface area (Å²) in [6.45, 7) is 4.26. The number of hydrogen-bond donors (Lipinski definition) is 4. The lowest BCUT2D eigenvalue weighted by molar-refractivity contribution is -0.131. The molecule has 5 nitrogen and oxygen atoms in total. The lowest BCUT2D eigenvalue weighted by Gasteiger charge is -2.23. The Hall–Kier alpha value is -0.650. The number of unbranched alkanes of at least 4 members (excludes halogenated alkanes) is 37. The van der Waals surface area contributed by atoms with E-state index in [2.05, 4.69) is 19.2 Å². The molecule has 3 atom stereocenters. The van der Waals surface area contributed by atoms with E-state index in [0.717, 1.165) is 32.1 Å². The molecular weight excluding hydrogens is 655 g/mol. The van der Waals surface area contributed by atoms with E-state index in [1.165, 1.54) is 218 Å². The van der Waals surface area contributed by atoms with Gasteiger partial charge in [0.25, 0.3) is 0 Å². The first kappa shape index (κ1) is 52.3. The predicted octanol–water partition coefficient (Wildman–Crippen LogP) is 14.2. The Balaban J connectivity index is 3.53. The SMILES string of the molecule is CCCCCCCCCCCCCCCCCCCCCCCCCC(O)C(CO)NC(=O)C(O)CCCCCCCCCCCCCCCCCC. The molecule has 1 amide bonds. The van der Waals surface area contributed by atoms with Crippen LogP contribution >= 0.6 is 0 Å². The van der Waals surface area contributed by atoms with E-state index >= 15 is 0 Å². The van der Waals surface area contributed by atoms with E-state index in [9.17, 15) is 20.1 Å². The van der Waals surface area contributed by atoms with Crippen molar-refractivity contribution in [2.45, 2.75) is 295 Å². The van der Waals surface area contributed by atoms with Crippen molar-refractivity contribution >= 4 is 5.91 Å². The summed E-state index contributed by atoms with van der Waals surface area (Å²) in [5, 5.41) is 33.4. The average Bonchev–Trinajstić information content (AvgIpc) is 3.16. The third-order valence-electron chi connectivity index (χ3n) is 11.7. The van der Waals surface area contributed by atoms with Crippen LogP contribution in [0.4, 0.5) is 0 Å². The van der Waals surface area contributed by atoms with E-state index < -0.39 is 24.2 Å². The van der Waals surface area contributed by atoms with Gasteiger partial charge in [0.15, 0.2) is 0 Å². The Bertz CT molecular complexity index is 703. The van der Waals surface area contributed by atoms with Crippen molar-refractivity contribution in [1.29, 1.82) is 0 Å². The second kappa shape index (κ2) is 44.1. The molecule has 0 saturated heterocycles. The van der Waals surface area contributed by atoms with Crippen molar-refractivity contribution in [2.75, 3.05) is 6.61 Å². The molecular formula is C48H97NO4. The van der Waals surface area contributed by atoms with Crippen LogP contribution < -0.4 is 5.32 Å². The van der Waals surface area contributed by atoms with Crippen molar-refractivity contribution in [3.8, 4) is 0 Å². The molecule has 53 heavy (non-hydrogen) atoms. The summed E-state index contributed by atoms with van der Waals surface area (Å²) in [5.74, 6) is -0.464. The van der Waals surface area contributed by atoms with Gasteiger partial charge in [-0.15, -0.1) is 0 Å². The van der Waals surface area contributed by atoms with Gasteiger partial charge in [-0.25, -0.2) is 0 Å². The summed E-state index contributed by atoms with van der Waals surface area (Å²) < 4.78 is 0. The van der Waals surface area contributed by atoms with E-state index in [4.69, 9.17) is 0 Å². The minimum atomic E-state index is -1.07. The van der Waals surface area contributed by atoms with Gasteiger partial charge in [0.2, 0.25) is 5.91 Å². The number of nitrogens with one attached hydrogen (secondary N) is 1. The molecule has 0 spiro atoms. The molecule has 5 heteroatoms. The number of aliphatic hydroxyl groups excluding tert-OH is 3. The third-order valence-corrected chi connectivity index (χ3v) is 11.7. The van der Waals surface area contributed by atoms with Gasteiger partial charge < -0.3 is 20.6 Å². The standard InChI is InChI=1S/C48H97NO4/c1-3-5-7-9-11-13-15-17-19-21-22-23-24-25-26-27-29-30-32-34-36-38-40-42-46(51)45(44-50)49-48(53)47(52)43-41-39-37-35-33-31-28-20-18-16-14-12-10-8-6-4-2/h45-47,50-52H,3-44H2,1-2H3,(H,49,53). The molecule has 318 valence electrons. The predicted molar refractivity (Wildman–Crippen MR) is 232 cm³/mol. The summed E-state index contributed by atoms with van der Waals surface area (Å²) in [5.41, 5.74) is 0. The molecule has 0 rings (SSSR count). The Labute approximate surface area is 332 Å². The number of aliphatic hydroxyl groups is 3. The first-order chi connectivity index (χ1) is 26.1. The van der Waals surface area contributed by atoms with Gasteiger partial charge in [-0.05, 0) is 12.8 Å². The van der Waals surface area contributed by atoms with Crippen LogP contribution in [0.2, 0.25) is 0 Å². The molecule has 0 saturated carbocycles. The van der Waals surface area contributed by atoms with Crippen LogP contribution in [0.15, 0.2) is 0 Å². The third kappa shape index (κ3) is 39.4. The molecule has 3 unspecified atom stereocenters.